The summed E-state index contributed by atoms with van der Waals surface area (Å²) in [4.78, 5) is 16.5. The second-order valence-corrected chi connectivity index (χ2v) is 7.66. The van der Waals surface area contributed by atoms with E-state index in [-0.39, 0.29) is 4.90 Å². The molecule has 140 valence electrons. The van der Waals surface area contributed by atoms with E-state index in [1.807, 2.05) is 30.3 Å². The van der Waals surface area contributed by atoms with E-state index >= 15 is 0 Å². The normalized spacial score (nSPS) is 11.9. The number of azo groups is 1. The minimum atomic E-state index is -3.80. The first-order valence-electron chi connectivity index (χ1n) is 8.31. The van der Waals surface area contributed by atoms with E-state index < -0.39 is 15.7 Å². The number of aromatic amines is 2. The van der Waals surface area contributed by atoms with Crippen molar-refractivity contribution in [2.75, 3.05) is 4.72 Å². The quantitative estimate of drug-likeness (QED) is 0.443. The number of nitrogens with one attached hydrogen (secondary N) is 3. The molecule has 1 aromatic heterocycles. The lowest BCUT2D eigenvalue weighted by atomic mass is 10.3. The fraction of sp³-hybridized carbons (Fsp3) is 0. The predicted molar refractivity (Wildman–Crippen MR) is 107 cm³/mol. The summed E-state index contributed by atoms with van der Waals surface area (Å²) in [5.41, 5.74) is 2.28. The maximum absolute atomic E-state index is 12.6. The maximum atomic E-state index is 12.6. The third-order valence-corrected chi connectivity index (χ3v) is 5.33. The van der Waals surface area contributed by atoms with Crippen LogP contribution >= 0.6 is 0 Å². The Morgan fingerprint density at radius 1 is 0.750 bits per heavy atom. The zero-order chi connectivity index (χ0) is 19.6. The molecule has 0 atom stereocenters. The van der Waals surface area contributed by atoms with Crippen LogP contribution in [0, 0.1) is 0 Å². The van der Waals surface area contributed by atoms with Crippen LogP contribution in [0.4, 0.5) is 17.1 Å². The molecule has 0 aliphatic heterocycles. The van der Waals surface area contributed by atoms with Gasteiger partial charge < -0.3 is 9.97 Å². The molecular weight excluding hydrogens is 378 g/mol. The summed E-state index contributed by atoms with van der Waals surface area (Å²) < 4.78 is 27.7. The third-order valence-electron chi connectivity index (χ3n) is 3.95. The van der Waals surface area contributed by atoms with Gasteiger partial charge in [-0.1, -0.05) is 18.2 Å². The van der Waals surface area contributed by atoms with E-state index in [0.717, 1.165) is 5.69 Å². The number of hydrogen-bond donors (Lipinski definition) is 3. The van der Waals surface area contributed by atoms with Crippen LogP contribution in [0.15, 0.2) is 92.7 Å². The van der Waals surface area contributed by atoms with E-state index in [1.165, 1.54) is 18.2 Å². The highest BCUT2D eigenvalue weighted by Gasteiger charge is 2.15. The Bertz CT molecular complexity index is 1310. The number of sulfonamides is 1. The van der Waals surface area contributed by atoms with Gasteiger partial charge in [-0.2, -0.15) is 10.2 Å². The molecule has 0 bridgehead atoms. The van der Waals surface area contributed by atoms with Crippen molar-refractivity contribution in [3.8, 4) is 0 Å². The van der Waals surface area contributed by atoms with Gasteiger partial charge in [0.05, 0.1) is 27.3 Å². The van der Waals surface area contributed by atoms with Crippen LogP contribution in [0.2, 0.25) is 0 Å². The minimum Gasteiger partial charge on any atom is -0.306 e. The standard InChI is InChI=1S/C19H15N5O3S/c25-19-20-17-11-10-16(12-18(17)21-19)28(26,27)24-15-8-6-14(7-9-15)23-22-13-4-2-1-3-5-13/h1-12,24H,(H2,20,21,25). The van der Waals surface area contributed by atoms with Crippen molar-refractivity contribution in [1.29, 1.82) is 0 Å². The second-order valence-electron chi connectivity index (χ2n) is 5.97. The van der Waals surface area contributed by atoms with Gasteiger partial charge in [-0.3, -0.25) is 4.72 Å². The summed E-state index contributed by atoms with van der Waals surface area (Å²) in [7, 11) is -3.80. The van der Waals surface area contributed by atoms with Crippen molar-refractivity contribution in [2.24, 2.45) is 10.2 Å². The molecule has 0 saturated carbocycles. The van der Waals surface area contributed by atoms with Crippen LogP contribution < -0.4 is 10.4 Å². The SMILES string of the molecule is O=c1[nH]c2ccc(S(=O)(=O)Nc3ccc(N=Nc4ccccc4)cc3)cc2[nH]1. The third kappa shape index (κ3) is 3.84. The Morgan fingerprint density at radius 2 is 1.39 bits per heavy atom. The zero-order valence-electron chi connectivity index (χ0n) is 14.5. The number of rotatable bonds is 5. The molecule has 0 aliphatic rings. The Morgan fingerprint density at radius 3 is 2.11 bits per heavy atom. The molecule has 4 aromatic rings. The van der Waals surface area contributed by atoms with Crippen molar-refractivity contribution >= 4 is 38.1 Å². The molecule has 1 heterocycles. The first-order chi connectivity index (χ1) is 13.5. The van der Waals surface area contributed by atoms with Crippen LogP contribution in [-0.4, -0.2) is 18.4 Å². The Hall–Kier alpha value is -3.72. The lowest BCUT2D eigenvalue weighted by Crippen LogP contribution is -2.12. The van der Waals surface area contributed by atoms with Crippen LogP contribution in [-0.2, 0) is 10.0 Å². The number of benzene rings is 3. The highest BCUT2D eigenvalue weighted by molar-refractivity contribution is 7.92. The van der Waals surface area contributed by atoms with Crippen LogP contribution in [0.5, 0.6) is 0 Å². The van der Waals surface area contributed by atoms with Crippen LogP contribution in [0.3, 0.4) is 0 Å². The average molecular weight is 393 g/mol. The minimum absolute atomic E-state index is 0.0445. The van der Waals surface area contributed by atoms with Gasteiger partial charge >= 0.3 is 5.69 Å². The first-order valence-corrected chi connectivity index (χ1v) is 9.80. The number of imidazole rings is 1. The fourth-order valence-corrected chi connectivity index (χ4v) is 3.68. The number of nitrogens with zero attached hydrogens (tertiary/aromatic N) is 2. The molecule has 3 N–H and O–H groups in total. The topological polar surface area (TPSA) is 120 Å². The lowest BCUT2D eigenvalue weighted by Gasteiger charge is -2.08. The van der Waals surface area contributed by atoms with Crippen molar-refractivity contribution in [3.05, 3.63) is 83.3 Å². The summed E-state index contributed by atoms with van der Waals surface area (Å²) >= 11 is 0. The number of hydrogen-bond acceptors (Lipinski definition) is 5. The Labute approximate surface area is 160 Å². The van der Waals surface area contributed by atoms with Crippen molar-refractivity contribution in [2.45, 2.75) is 4.90 Å². The first kappa shape index (κ1) is 17.7. The Kier molecular flexibility index (Phi) is 4.50. The molecule has 0 radical (unpaired) electrons. The molecule has 0 spiro atoms. The molecule has 9 heteroatoms. The van der Waals surface area contributed by atoms with Gasteiger partial charge in [-0.05, 0) is 54.6 Å². The second kappa shape index (κ2) is 7.12. The predicted octanol–water partition coefficient (Wildman–Crippen LogP) is 4.07. The monoisotopic (exact) mass is 393 g/mol. The van der Waals surface area contributed by atoms with Gasteiger partial charge in [0.1, 0.15) is 0 Å². The average Bonchev–Trinajstić information content (AvgIpc) is 3.07. The maximum Gasteiger partial charge on any atom is 0.323 e. The largest absolute Gasteiger partial charge is 0.323 e. The molecule has 0 amide bonds. The van der Waals surface area contributed by atoms with Crippen molar-refractivity contribution in [1.82, 2.24) is 9.97 Å². The lowest BCUT2D eigenvalue weighted by molar-refractivity contribution is 0.601. The molecule has 0 aliphatic carbocycles. The summed E-state index contributed by atoms with van der Waals surface area (Å²) in [6, 6.07) is 20.2. The summed E-state index contributed by atoms with van der Waals surface area (Å²) in [5.74, 6) is 0. The molecule has 0 fully saturated rings. The van der Waals surface area contributed by atoms with E-state index in [1.54, 1.807) is 24.3 Å². The number of anilines is 1. The van der Waals surface area contributed by atoms with Gasteiger partial charge in [-0.15, -0.1) is 0 Å². The molecule has 0 unspecified atom stereocenters. The highest BCUT2D eigenvalue weighted by Crippen LogP contribution is 2.23. The van der Waals surface area contributed by atoms with Gasteiger partial charge in [0.2, 0.25) is 0 Å². The molecule has 3 aromatic carbocycles. The highest BCUT2D eigenvalue weighted by atomic mass is 32.2. The smallest absolute Gasteiger partial charge is 0.306 e. The van der Waals surface area contributed by atoms with Crippen LogP contribution in [0.25, 0.3) is 11.0 Å². The molecule has 4 rings (SSSR count). The van der Waals surface area contributed by atoms with E-state index in [4.69, 9.17) is 0 Å². The molecule has 28 heavy (non-hydrogen) atoms. The van der Waals surface area contributed by atoms with Gasteiger partial charge in [-0.25, -0.2) is 13.2 Å². The van der Waals surface area contributed by atoms with Crippen molar-refractivity contribution < 1.29 is 8.42 Å². The summed E-state index contributed by atoms with van der Waals surface area (Å²) in [6.07, 6.45) is 0. The molecule has 0 saturated heterocycles. The number of aromatic nitrogens is 2. The molecular formula is C19H15N5O3S. The van der Waals surface area contributed by atoms with Gasteiger partial charge in [0.15, 0.2) is 0 Å². The van der Waals surface area contributed by atoms with Crippen LogP contribution in [0.1, 0.15) is 0 Å². The van der Waals surface area contributed by atoms with E-state index in [2.05, 4.69) is 24.9 Å². The van der Waals surface area contributed by atoms with Gasteiger partial charge in [0, 0.05) is 5.69 Å². The molecule has 8 nitrogen and oxygen atoms in total. The number of H-pyrrole nitrogens is 2. The fourth-order valence-electron chi connectivity index (χ4n) is 2.60. The Balaban J connectivity index is 1.52. The zero-order valence-corrected chi connectivity index (χ0v) is 15.3. The summed E-state index contributed by atoms with van der Waals surface area (Å²) in [5, 5.41) is 8.23. The number of fused-ring (bicyclic) bond motifs is 1. The van der Waals surface area contributed by atoms with E-state index in [9.17, 15) is 13.2 Å². The van der Waals surface area contributed by atoms with E-state index in [0.29, 0.717) is 22.4 Å². The summed E-state index contributed by atoms with van der Waals surface area (Å²) in [6.45, 7) is 0. The van der Waals surface area contributed by atoms with Gasteiger partial charge in [0.25, 0.3) is 10.0 Å². The van der Waals surface area contributed by atoms with Crippen molar-refractivity contribution in [3.63, 3.8) is 0 Å².